The molecule has 152 valence electrons. The van der Waals surface area contributed by atoms with Crippen LogP contribution in [0.2, 0.25) is 0 Å². The van der Waals surface area contributed by atoms with Crippen LogP contribution in [-0.2, 0) is 9.59 Å². The third kappa shape index (κ3) is 4.85. The third-order valence-corrected chi connectivity index (χ3v) is 4.51. The van der Waals surface area contributed by atoms with Crippen LogP contribution in [0, 0.1) is 10.1 Å². The van der Waals surface area contributed by atoms with Crippen molar-refractivity contribution < 1.29 is 29.6 Å². The molecule has 1 aliphatic heterocycles. The zero-order valence-electron chi connectivity index (χ0n) is 16.0. The topological polar surface area (TPSA) is 133 Å². The van der Waals surface area contributed by atoms with Gasteiger partial charge >= 0.3 is 5.69 Å². The highest BCUT2D eigenvalue weighted by Crippen LogP contribution is 2.24. The van der Waals surface area contributed by atoms with Gasteiger partial charge in [0, 0.05) is 12.1 Å². The van der Waals surface area contributed by atoms with Crippen molar-refractivity contribution >= 4 is 29.0 Å². The monoisotopic (exact) mass is 401 g/mol. The van der Waals surface area contributed by atoms with Gasteiger partial charge in [0.15, 0.2) is 12.2 Å². The Bertz CT molecular complexity index is 885. The van der Waals surface area contributed by atoms with Crippen LogP contribution in [0.3, 0.4) is 0 Å². The molecule has 4 N–H and O–H groups in total. The number of rotatable bonds is 9. The Morgan fingerprint density at radius 3 is 2.66 bits per heavy atom. The molecule has 3 rings (SSSR count). The lowest BCUT2D eigenvalue weighted by Crippen LogP contribution is -2.92. The first-order valence-electron chi connectivity index (χ1n) is 9.32. The summed E-state index contributed by atoms with van der Waals surface area (Å²) in [5, 5.41) is 15.6. The second-order valence-electron chi connectivity index (χ2n) is 6.47. The van der Waals surface area contributed by atoms with Crippen LogP contribution in [0.1, 0.15) is 13.3 Å². The van der Waals surface area contributed by atoms with Gasteiger partial charge in [-0.3, -0.25) is 25.0 Å². The fourth-order valence-electron chi connectivity index (χ4n) is 3.10. The molecule has 1 aliphatic rings. The van der Waals surface area contributed by atoms with E-state index in [9.17, 15) is 19.7 Å². The molecule has 10 heteroatoms. The lowest BCUT2D eigenvalue weighted by atomic mass is 10.2. The zero-order valence-corrected chi connectivity index (χ0v) is 16.0. The number of nitrogens with two attached hydrogens (primary N) is 1. The van der Waals surface area contributed by atoms with Gasteiger partial charge in [0.05, 0.1) is 23.6 Å². The van der Waals surface area contributed by atoms with Crippen molar-refractivity contribution in [3.05, 3.63) is 52.7 Å². The summed E-state index contributed by atoms with van der Waals surface area (Å²) in [7, 11) is 0. The number of anilines is 2. The Balaban J connectivity index is 1.50. The second kappa shape index (κ2) is 9.11. The minimum atomic E-state index is -0.479. The molecule has 1 fully saturated rings. The van der Waals surface area contributed by atoms with E-state index in [0.717, 1.165) is 0 Å². The molecular formula is C19H23N5O5+2. The van der Waals surface area contributed by atoms with Crippen molar-refractivity contribution in [3.63, 3.8) is 0 Å². The number of pyridine rings is 1. The van der Waals surface area contributed by atoms with Gasteiger partial charge < -0.3 is 10.1 Å². The predicted octanol–water partition coefficient (Wildman–Crippen LogP) is 0.115. The molecule has 2 heterocycles. The fourth-order valence-corrected chi connectivity index (χ4v) is 3.10. The van der Waals surface area contributed by atoms with E-state index < -0.39 is 11.0 Å². The molecule has 0 aliphatic carbocycles. The maximum atomic E-state index is 12.6. The highest BCUT2D eigenvalue weighted by atomic mass is 16.6. The average Bonchev–Trinajstić information content (AvgIpc) is 3.00. The van der Waals surface area contributed by atoms with Gasteiger partial charge in [-0.25, -0.2) is 9.88 Å². The number of nitro groups is 1. The zero-order chi connectivity index (χ0) is 20.8. The van der Waals surface area contributed by atoms with E-state index in [1.54, 1.807) is 30.3 Å². The number of carbonyl (C=O) groups is 2. The van der Waals surface area contributed by atoms with E-state index >= 15 is 0 Å². The molecule has 10 nitrogen and oxygen atoms in total. The smallest absolute Gasteiger partial charge is 0.308 e. The van der Waals surface area contributed by atoms with Gasteiger partial charge in [-0.1, -0.05) is 0 Å². The van der Waals surface area contributed by atoms with Crippen LogP contribution < -0.4 is 25.3 Å². The Labute approximate surface area is 167 Å². The summed E-state index contributed by atoms with van der Waals surface area (Å²) >= 11 is 0. The van der Waals surface area contributed by atoms with Gasteiger partial charge in [0.25, 0.3) is 11.7 Å². The molecule has 2 aromatic rings. The number of H-pyrrole nitrogens is 1. The van der Waals surface area contributed by atoms with Crippen molar-refractivity contribution in [3.8, 4) is 5.75 Å². The van der Waals surface area contributed by atoms with Gasteiger partial charge in [-0.15, -0.1) is 0 Å². The minimum absolute atomic E-state index is 0.0217. The van der Waals surface area contributed by atoms with Crippen molar-refractivity contribution in [1.82, 2.24) is 0 Å². The largest absolute Gasteiger partial charge is 0.494 e. The van der Waals surface area contributed by atoms with E-state index in [-0.39, 0.29) is 23.9 Å². The maximum absolute atomic E-state index is 12.6. The van der Waals surface area contributed by atoms with Crippen LogP contribution >= 0.6 is 0 Å². The number of ether oxygens (including phenoxy) is 1. The lowest BCUT2D eigenvalue weighted by Gasteiger charge is -2.14. The Morgan fingerprint density at radius 2 is 2.03 bits per heavy atom. The van der Waals surface area contributed by atoms with Crippen LogP contribution in [0.25, 0.3) is 0 Å². The summed E-state index contributed by atoms with van der Waals surface area (Å²) in [6.07, 6.45) is 1.45. The third-order valence-electron chi connectivity index (χ3n) is 4.51. The van der Waals surface area contributed by atoms with E-state index in [0.29, 0.717) is 37.0 Å². The molecule has 0 bridgehead atoms. The molecule has 0 radical (unpaired) electrons. The van der Waals surface area contributed by atoms with Gasteiger partial charge in [0.2, 0.25) is 5.91 Å². The summed E-state index contributed by atoms with van der Waals surface area (Å²) in [6, 6.07) is 9.40. The number of aromatic nitrogens is 1. The van der Waals surface area contributed by atoms with Crippen molar-refractivity contribution in [2.45, 2.75) is 19.4 Å². The first kappa shape index (κ1) is 20.2. The first-order valence-corrected chi connectivity index (χ1v) is 9.32. The Kier molecular flexibility index (Phi) is 6.35. The molecule has 1 saturated heterocycles. The van der Waals surface area contributed by atoms with E-state index in [2.05, 4.69) is 10.3 Å². The molecule has 0 saturated carbocycles. The SMILES string of the molecule is CCOc1ccc(N2C(=O)C[C@@H]([NH2+]CCNc3ccc([N+](=O)[O-])c[nH+]3)C2=O)cc1. The lowest BCUT2D eigenvalue weighted by molar-refractivity contribution is -0.672. The molecule has 1 aromatic heterocycles. The molecule has 1 aromatic carbocycles. The number of amides is 2. The predicted molar refractivity (Wildman–Crippen MR) is 103 cm³/mol. The van der Waals surface area contributed by atoms with Crippen LogP contribution in [-0.4, -0.2) is 42.5 Å². The Hall–Kier alpha value is -3.53. The summed E-state index contributed by atoms with van der Waals surface area (Å²) in [4.78, 5) is 39.1. The molecule has 1 atom stereocenters. The number of hydrogen-bond donors (Lipinski definition) is 2. The van der Waals surface area contributed by atoms with Crippen molar-refractivity contribution in [2.75, 3.05) is 29.9 Å². The summed E-state index contributed by atoms with van der Waals surface area (Å²) in [5.74, 6) is 0.861. The van der Waals surface area contributed by atoms with Gasteiger partial charge in [0.1, 0.15) is 18.8 Å². The molecule has 0 unspecified atom stereocenters. The van der Waals surface area contributed by atoms with Crippen molar-refractivity contribution in [1.29, 1.82) is 0 Å². The quantitative estimate of drug-likeness (QED) is 0.265. The molecule has 29 heavy (non-hydrogen) atoms. The standard InChI is InChI=1S/C19H21N5O5/c1-2-29-15-6-3-13(4-7-15)23-18(25)11-16(19(23)26)20-9-10-21-17-8-5-14(12-22-17)24(27)28/h3-8,12,16,20H,2,9-11H2,1H3,(H,21,22)/p+2/t16-/m1/s1. The Morgan fingerprint density at radius 1 is 1.28 bits per heavy atom. The number of hydrogen-bond acceptors (Lipinski definition) is 6. The number of benzene rings is 1. The normalized spacial score (nSPS) is 16.2. The number of aromatic amines is 1. The molecular weight excluding hydrogens is 378 g/mol. The van der Waals surface area contributed by atoms with Gasteiger partial charge in [-0.05, 0) is 31.2 Å². The van der Waals surface area contributed by atoms with Crippen LogP contribution in [0.5, 0.6) is 5.75 Å². The van der Waals surface area contributed by atoms with E-state index in [1.165, 1.54) is 17.2 Å². The van der Waals surface area contributed by atoms with Crippen molar-refractivity contribution in [2.24, 2.45) is 0 Å². The highest BCUT2D eigenvalue weighted by molar-refractivity contribution is 6.21. The molecule has 2 amide bonds. The number of nitrogens with one attached hydrogen (secondary N) is 2. The maximum Gasteiger partial charge on any atom is 0.308 e. The van der Waals surface area contributed by atoms with Crippen LogP contribution in [0.4, 0.5) is 17.2 Å². The minimum Gasteiger partial charge on any atom is -0.494 e. The first-order chi connectivity index (χ1) is 14.0. The average molecular weight is 401 g/mol. The van der Waals surface area contributed by atoms with E-state index in [4.69, 9.17) is 4.74 Å². The van der Waals surface area contributed by atoms with E-state index in [1.807, 2.05) is 12.2 Å². The highest BCUT2D eigenvalue weighted by Gasteiger charge is 2.42. The fraction of sp³-hybridized carbons (Fsp3) is 0.316. The number of quaternary nitrogens is 1. The van der Waals surface area contributed by atoms with Crippen LogP contribution in [0.15, 0.2) is 42.6 Å². The number of carbonyl (C=O) groups excluding carboxylic acids is 2. The summed E-state index contributed by atoms with van der Waals surface area (Å²) in [6.45, 7) is 3.51. The number of nitrogens with zero attached hydrogens (tertiary/aromatic N) is 2. The van der Waals surface area contributed by atoms with Gasteiger partial charge in [-0.2, -0.15) is 0 Å². The second-order valence-corrected chi connectivity index (χ2v) is 6.47. The summed E-state index contributed by atoms with van der Waals surface area (Å²) < 4.78 is 5.38. The summed E-state index contributed by atoms with van der Waals surface area (Å²) in [5.41, 5.74) is 0.518. The number of imide groups is 1. The molecule has 0 spiro atoms.